The average Bonchev–Trinajstić information content (AvgIpc) is 2.78. The van der Waals surface area contributed by atoms with E-state index in [4.69, 9.17) is 0 Å². The maximum absolute atomic E-state index is 9.60. The molecule has 1 atom stereocenters. The molecule has 1 unspecified atom stereocenters. The van der Waals surface area contributed by atoms with Gasteiger partial charge in [0, 0.05) is 4.47 Å². The zero-order chi connectivity index (χ0) is 11.5. The molecule has 1 saturated heterocycles. The molecular formula is C13H18BrNO. The fourth-order valence-electron chi connectivity index (χ4n) is 2.43. The molecule has 16 heavy (non-hydrogen) atoms. The molecule has 2 nitrogen and oxygen atoms in total. The minimum Gasteiger partial charge on any atom is -0.394 e. The normalized spacial score (nSPS) is 18.9. The lowest BCUT2D eigenvalue weighted by Gasteiger charge is -2.27. The molecule has 1 fully saturated rings. The Kier molecular flexibility index (Phi) is 4.00. The number of aliphatic hydroxyl groups excluding tert-OH is 1. The Morgan fingerprint density at radius 3 is 2.69 bits per heavy atom. The standard InChI is InChI=1S/C13H18BrNO/c1-10-4-5-11(14)8-12(10)13(9-16)15-6-2-3-7-15/h4-5,8,13,16H,2-3,6-7,9H2,1H3. The quantitative estimate of drug-likeness (QED) is 0.922. The molecule has 88 valence electrons. The molecule has 0 aliphatic carbocycles. The smallest absolute Gasteiger partial charge is 0.0628 e. The second-order valence-corrected chi connectivity index (χ2v) is 5.36. The van der Waals surface area contributed by atoms with Crippen LogP contribution < -0.4 is 0 Å². The molecule has 1 aromatic carbocycles. The number of aryl methyl sites for hydroxylation is 1. The van der Waals surface area contributed by atoms with Gasteiger partial charge >= 0.3 is 0 Å². The van der Waals surface area contributed by atoms with Crippen LogP contribution in [-0.2, 0) is 0 Å². The van der Waals surface area contributed by atoms with Crippen molar-refractivity contribution in [3.05, 3.63) is 33.8 Å². The third kappa shape index (κ3) is 2.47. The SMILES string of the molecule is Cc1ccc(Br)cc1C(CO)N1CCCC1. The Balaban J connectivity index is 2.28. The molecule has 0 saturated carbocycles. The van der Waals surface area contributed by atoms with E-state index in [1.165, 1.54) is 24.0 Å². The van der Waals surface area contributed by atoms with Crippen molar-refractivity contribution >= 4 is 15.9 Å². The zero-order valence-electron chi connectivity index (χ0n) is 9.62. The first kappa shape index (κ1) is 12.1. The van der Waals surface area contributed by atoms with E-state index in [1.54, 1.807) is 0 Å². The summed E-state index contributed by atoms with van der Waals surface area (Å²) in [6, 6.07) is 6.46. The van der Waals surface area contributed by atoms with Gasteiger partial charge in [0.15, 0.2) is 0 Å². The molecule has 1 aliphatic rings. The van der Waals surface area contributed by atoms with E-state index in [2.05, 4.69) is 46.0 Å². The van der Waals surface area contributed by atoms with Gasteiger partial charge in [0.1, 0.15) is 0 Å². The van der Waals surface area contributed by atoms with E-state index in [9.17, 15) is 5.11 Å². The topological polar surface area (TPSA) is 23.5 Å². The van der Waals surface area contributed by atoms with E-state index >= 15 is 0 Å². The fraction of sp³-hybridized carbons (Fsp3) is 0.538. The predicted octanol–water partition coefficient (Wildman–Crippen LogP) is 2.89. The fourth-order valence-corrected chi connectivity index (χ4v) is 2.81. The summed E-state index contributed by atoms with van der Waals surface area (Å²) in [6.45, 7) is 4.53. The minimum absolute atomic E-state index is 0.167. The van der Waals surface area contributed by atoms with Crippen LogP contribution in [0.5, 0.6) is 0 Å². The van der Waals surface area contributed by atoms with Gasteiger partial charge in [-0.15, -0.1) is 0 Å². The van der Waals surface area contributed by atoms with Gasteiger partial charge in [0.25, 0.3) is 0 Å². The van der Waals surface area contributed by atoms with Crippen molar-refractivity contribution in [1.82, 2.24) is 4.90 Å². The van der Waals surface area contributed by atoms with Crippen LogP contribution in [0.1, 0.15) is 30.0 Å². The summed E-state index contributed by atoms with van der Waals surface area (Å²) in [5, 5.41) is 9.60. The number of halogens is 1. The Morgan fingerprint density at radius 1 is 1.38 bits per heavy atom. The maximum Gasteiger partial charge on any atom is 0.0628 e. The van der Waals surface area contributed by atoms with Gasteiger partial charge in [-0.05, 0) is 56.1 Å². The van der Waals surface area contributed by atoms with Crippen LogP contribution in [0.4, 0.5) is 0 Å². The van der Waals surface area contributed by atoms with Gasteiger partial charge < -0.3 is 5.11 Å². The summed E-state index contributed by atoms with van der Waals surface area (Å²) in [7, 11) is 0. The summed E-state index contributed by atoms with van der Waals surface area (Å²) >= 11 is 3.50. The summed E-state index contributed by atoms with van der Waals surface area (Å²) in [6.07, 6.45) is 2.51. The number of rotatable bonds is 3. The second-order valence-electron chi connectivity index (χ2n) is 4.44. The number of nitrogens with zero attached hydrogens (tertiary/aromatic N) is 1. The average molecular weight is 284 g/mol. The van der Waals surface area contributed by atoms with E-state index < -0.39 is 0 Å². The molecule has 0 spiro atoms. The van der Waals surface area contributed by atoms with Gasteiger partial charge in [-0.3, -0.25) is 4.90 Å². The Hall–Kier alpha value is -0.380. The van der Waals surface area contributed by atoms with Crippen LogP contribution in [0.15, 0.2) is 22.7 Å². The van der Waals surface area contributed by atoms with Gasteiger partial charge in [-0.25, -0.2) is 0 Å². The summed E-state index contributed by atoms with van der Waals surface area (Å²) in [5.41, 5.74) is 2.51. The second kappa shape index (κ2) is 5.30. The highest BCUT2D eigenvalue weighted by atomic mass is 79.9. The third-order valence-corrected chi connectivity index (χ3v) is 3.85. The predicted molar refractivity (Wildman–Crippen MR) is 69.5 cm³/mol. The van der Waals surface area contributed by atoms with E-state index in [0.717, 1.165) is 17.6 Å². The summed E-state index contributed by atoms with van der Waals surface area (Å²) < 4.78 is 1.09. The van der Waals surface area contributed by atoms with Crippen LogP contribution in [0.3, 0.4) is 0 Å². The number of hydrogen-bond acceptors (Lipinski definition) is 2. The Bertz CT molecular complexity index is 361. The lowest BCUT2D eigenvalue weighted by molar-refractivity contribution is 0.146. The Labute approximate surface area is 105 Å². The first-order chi connectivity index (χ1) is 7.72. The zero-order valence-corrected chi connectivity index (χ0v) is 11.2. The van der Waals surface area contributed by atoms with Crippen LogP contribution in [-0.4, -0.2) is 29.7 Å². The first-order valence-electron chi connectivity index (χ1n) is 5.83. The minimum atomic E-state index is 0.167. The highest BCUT2D eigenvalue weighted by molar-refractivity contribution is 9.10. The molecule has 0 radical (unpaired) electrons. The number of aliphatic hydroxyl groups is 1. The lowest BCUT2D eigenvalue weighted by atomic mass is 10.0. The van der Waals surface area contributed by atoms with Crippen molar-refractivity contribution in [1.29, 1.82) is 0 Å². The van der Waals surface area contributed by atoms with Gasteiger partial charge in [0.2, 0.25) is 0 Å². The number of likely N-dealkylation sites (tertiary alicyclic amines) is 1. The molecule has 1 aliphatic heterocycles. The number of benzene rings is 1. The monoisotopic (exact) mass is 283 g/mol. The van der Waals surface area contributed by atoms with E-state index in [1.807, 2.05) is 0 Å². The molecule has 0 bridgehead atoms. The van der Waals surface area contributed by atoms with Crippen molar-refractivity contribution in [2.45, 2.75) is 25.8 Å². The molecule has 1 aromatic rings. The molecule has 1 heterocycles. The van der Waals surface area contributed by atoms with Crippen molar-refractivity contribution in [3.8, 4) is 0 Å². The van der Waals surface area contributed by atoms with Crippen LogP contribution in [0.2, 0.25) is 0 Å². The van der Waals surface area contributed by atoms with Crippen LogP contribution in [0.25, 0.3) is 0 Å². The molecular weight excluding hydrogens is 266 g/mol. The first-order valence-corrected chi connectivity index (χ1v) is 6.62. The lowest BCUT2D eigenvalue weighted by Crippen LogP contribution is -2.28. The molecule has 0 amide bonds. The van der Waals surface area contributed by atoms with E-state index in [-0.39, 0.29) is 12.6 Å². The van der Waals surface area contributed by atoms with Gasteiger partial charge in [-0.1, -0.05) is 22.0 Å². The highest BCUT2D eigenvalue weighted by Crippen LogP contribution is 2.29. The van der Waals surface area contributed by atoms with E-state index in [0.29, 0.717) is 0 Å². The Morgan fingerprint density at radius 2 is 2.06 bits per heavy atom. The largest absolute Gasteiger partial charge is 0.394 e. The molecule has 3 heteroatoms. The van der Waals surface area contributed by atoms with Crippen LogP contribution in [0, 0.1) is 6.92 Å². The van der Waals surface area contributed by atoms with Gasteiger partial charge in [-0.2, -0.15) is 0 Å². The van der Waals surface area contributed by atoms with Crippen molar-refractivity contribution in [2.24, 2.45) is 0 Å². The highest BCUT2D eigenvalue weighted by Gasteiger charge is 2.23. The molecule has 1 N–H and O–H groups in total. The number of hydrogen-bond donors (Lipinski definition) is 1. The third-order valence-electron chi connectivity index (χ3n) is 3.35. The maximum atomic E-state index is 9.60. The van der Waals surface area contributed by atoms with Crippen molar-refractivity contribution < 1.29 is 5.11 Å². The summed E-state index contributed by atoms with van der Waals surface area (Å²) in [4.78, 5) is 2.38. The van der Waals surface area contributed by atoms with Crippen LogP contribution >= 0.6 is 15.9 Å². The van der Waals surface area contributed by atoms with Crippen molar-refractivity contribution in [3.63, 3.8) is 0 Å². The molecule has 2 rings (SSSR count). The van der Waals surface area contributed by atoms with Gasteiger partial charge in [0.05, 0.1) is 12.6 Å². The van der Waals surface area contributed by atoms with Crippen molar-refractivity contribution in [2.75, 3.05) is 19.7 Å². The molecule has 0 aromatic heterocycles. The summed E-state index contributed by atoms with van der Waals surface area (Å²) in [5.74, 6) is 0.